The molecule has 0 heterocycles. The molecule has 1 nitrogen and oxygen atoms in total. The SMILES string of the molecule is Fc1cccc(OCCCCCCCCl)c1. The molecule has 0 atom stereocenters. The van der Waals surface area contributed by atoms with Gasteiger partial charge in [0.1, 0.15) is 11.6 Å². The second-order valence-corrected chi connectivity index (χ2v) is 4.14. The van der Waals surface area contributed by atoms with Gasteiger partial charge in [-0.1, -0.05) is 25.3 Å². The lowest BCUT2D eigenvalue weighted by atomic mass is 10.2. The minimum atomic E-state index is -0.250. The summed E-state index contributed by atoms with van der Waals surface area (Å²) in [6.07, 6.45) is 5.63. The number of unbranched alkanes of at least 4 members (excludes halogenated alkanes) is 4. The Morgan fingerprint density at radius 3 is 2.56 bits per heavy atom. The maximum absolute atomic E-state index is 12.8. The monoisotopic (exact) mass is 244 g/mol. The highest BCUT2D eigenvalue weighted by Crippen LogP contribution is 2.12. The van der Waals surface area contributed by atoms with Crippen LogP contribution in [0.2, 0.25) is 0 Å². The molecular formula is C13H18ClFO. The Balaban J connectivity index is 2.03. The van der Waals surface area contributed by atoms with Gasteiger partial charge in [-0.05, 0) is 25.0 Å². The smallest absolute Gasteiger partial charge is 0.126 e. The Morgan fingerprint density at radius 1 is 1.06 bits per heavy atom. The molecule has 1 rings (SSSR count). The third-order valence-electron chi connectivity index (χ3n) is 2.34. The quantitative estimate of drug-likeness (QED) is 0.487. The van der Waals surface area contributed by atoms with Gasteiger partial charge in [0.2, 0.25) is 0 Å². The van der Waals surface area contributed by atoms with E-state index in [0.29, 0.717) is 12.4 Å². The van der Waals surface area contributed by atoms with Gasteiger partial charge < -0.3 is 4.74 Å². The summed E-state index contributed by atoms with van der Waals surface area (Å²) in [5.74, 6) is 1.11. The Labute approximate surface area is 102 Å². The van der Waals surface area contributed by atoms with E-state index in [1.54, 1.807) is 12.1 Å². The third kappa shape index (κ3) is 5.96. The predicted molar refractivity (Wildman–Crippen MR) is 65.7 cm³/mol. The summed E-state index contributed by atoms with van der Waals surface area (Å²) < 4.78 is 18.2. The summed E-state index contributed by atoms with van der Waals surface area (Å²) in [5, 5.41) is 0. The van der Waals surface area contributed by atoms with Gasteiger partial charge in [-0.2, -0.15) is 0 Å². The van der Waals surface area contributed by atoms with Crippen LogP contribution in [0.15, 0.2) is 24.3 Å². The van der Waals surface area contributed by atoms with Crippen LogP contribution < -0.4 is 4.74 Å². The predicted octanol–water partition coefficient (Wildman–Crippen LogP) is 4.39. The molecule has 3 heteroatoms. The zero-order chi connectivity index (χ0) is 11.6. The van der Waals surface area contributed by atoms with Crippen LogP contribution in [-0.2, 0) is 0 Å². The van der Waals surface area contributed by atoms with Crippen molar-refractivity contribution >= 4 is 11.6 Å². The fourth-order valence-electron chi connectivity index (χ4n) is 1.47. The standard InChI is InChI=1S/C13H18ClFO/c14-9-4-2-1-3-5-10-16-13-8-6-7-12(15)11-13/h6-8,11H,1-5,9-10H2. The number of benzene rings is 1. The van der Waals surface area contributed by atoms with Gasteiger partial charge in [0.15, 0.2) is 0 Å². The third-order valence-corrected chi connectivity index (χ3v) is 2.61. The highest BCUT2D eigenvalue weighted by atomic mass is 35.5. The van der Waals surface area contributed by atoms with Crippen LogP contribution >= 0.6 is 11.6 Å². The molecule has 0 saturated carbocycles. The minimum Gasteiger partial charge on any atom is -0.493 e. The fraction of sp³-hybridized carbons (Fsp3) is 0.538. The van der Waals surface area contributed by atoms with Crippen LogP contribution in [0, 0.1) is 5.82 Å². The average Bonchev–Trinajstić information content (AvgIpc) is 2.28. The van der Waals surface area contributed by atoms with Crippen LogP contribution in [0.1, 0.15) is 32.1 Å². The Bertz CT molecular complexity index is 291. The first-order valence-corrected chi connectivity index (χ1v) is 6.30. The summed E-state index contributed by atoms with van der Waals surface area (Å²) in [6.45, 7) is 0.657. The molecule has 0 aliphatic carbocycles. The van der Waals surface area contributed by atoms with E-state index in [1.807, 2.05) is 0 Å². The van der Waals surface area contributed by atoms with E-state index >= 15 is 0 Å². The minimum absolute atomic E-state index is 0.250. The molecule has 0 aromatic heterocycles. The van der Waals surface area contributed by atoms with Gasteiger partial charge in [-0.15, -0.1) is 11.6 Å². The lowest BCUT2D eigenvalue weighted by molar-refractivity contribution is 0.303. The van der Waals surface area contributed by atoms with Crippen LogP contribution in [-0.4, -0.2) is 12.5 Å². The highest BCUT2D eigenvalue weighted by Gasteiger charge is 1.95. The van der Waals surface area contributed by atoms with Crippen molar-refractivity contribution in [1.82, 2.24) is 0 Å². The van der Waals surface area contributed by atoms with E-state index in [2.05, 4.69) is 0 Å². The van der Waals surface area contributed by atoms with Crippen molar-refractivity contribution in [3.8, 4) is 5.75 Å². The van der Waals surface area contributed by atoms with Crippen molar-refractivity contribution in [1.29, 1.82) is 0 Å². The second kappa shape index (κ2) is 8.40. The molecule has 0 radical (unpaired) electrons. The zero-order valence-electron chi connectivity index (χ0n) is 9.42. The number of rotatable bonds is 8. The van der Waals surface area contributed by atoms with Gasteiger partial charge in [-0.25, -0.2) is 4.39 Å². The Kier molecular flexibility index (Phi) is 6.98. The maximum atomic E-state index is 12.8. The van der Waals surface area contributed by atoms with Crippen molar-refractivity contribution < 1.29 is 9.13 Å². The van der Waals surface area contributed by atoms with Crippen molar-refractivity contribution in [3.63, 3.8) is 0 Å². The topological polar surface area (TPSA) is 9.23 Å². The molecule has 0 fully saturated rings. The first kappa shape index (κ1) is 13.3. The first-order valence-electron chi connectivity index (χ1n) is 5.77. The summed E-state index contributed by atoms with van der Waals surface area (Å²) in [6, 6.07) is 6.26. The van der Waals surface area contributed by atoms with Gasteiger partial charge in [-0.3, -0.25) is 0 Å². The van der Waals surface area contributed by atoms with Gasteiger partial charge in [0, 0.05) is 11.9 Å². The largest absolute Gasteiger partial charge is 0.493 e. The van der Waals surface area contributed by atoms with E-state index in [4.69, 9.17) is 16.3 Å². The maximum Gasteiger partial charge on any atom is 0.126 e. The van der Waals surface area contributed by atoms with Crippen molar-refractivity contribution in [2.75, 3.05) is 12.5 Å². The van der Waals surface area contributed by atoms with Gasteiger partial charge in [0.05, 0.1) is 6.61 Å². The number of hydrogen-bond donors (Lipinski definition) is 0. The molecule has 16 heavy (non-hydrogen) atoms. The first-order chi connectivity index (χ1) is 7.83. The van der Waals surface area contributed by atoms with Crippen molar-refractivity contribution in [2.24, 2.45) is 0 Å². The molecule has 0 unspecified atom stereocenters. The summed E-state index contributed by atoms with van der Waals surface area (Å²) in [7, 11) is 0. The Morgan fingerprint density at radius 2 is 1.81 bits per heavy atom. The van der Waals surface area contributed by atoms with E-state index in [1.165, 1.54) is 25.0 Å². The van der Waals surface area contributed by atoms with Crippen LogP contribution in [0.3, 0.4) is 0 Å². The molecule has 1 aromatic rings. The molecule has 0 amide bonds. The molecule has 1 aromatic carbocycles. The summed E-state index contributed by atoms with van der Waals surface area (Å²) in [4.78, 5) is 0. The van der Waals surface area contributed by atoms with Crippen LogP contribution in [0.5, 0.6) is 5.75 Å². The molecular weight excluding hydrogens is 227 g/mol. The average molecular weight is 245 g/mol. The molecule has 0 saturated heterocycles. The number of hydrogen-bond acceptors (Lipinski definition) is 1. The normalized spacial score (nSPS) is 10.4. The molecule has 90 valence electrons. The number of halogens is 2. The molecule has 0 bridgehead atoms. The lowest BCUT2D eigenvalue weighted by Crippen LogP contribution is -1.97. The van der Waals surface area contributed by atoms with Gasteiger partial charge in [0.25, 0.3) is 0 Å². The molecule has 0 aliphatic heterocycles. The number of ether oxygens (including phenoxy) is 1. The molecule has 0 spiro atoms. The highest BCUT2D eigenvalue weighted by molar-refractivity contribution is 6.17. The van der Waals surface area contributed by atoms with E-state index in [9.17, 15) is 4.39 Å². The zero-order valence-corrected chi connectivity index (χ0v) is 10.2. The number of alkyl halides is 1. The lowest BCUT2D eigenvalue weighted by Gasteiger charge is -2.05. The van der Waals surface area contributed by atoms with E-state index in [0.717, 1.165) is 25.1 Å². The van der Waals surface area contributed by atoms with E-state index in [-0.39, 0.29) is 5.82 Å². The van der Waals surface area contributed by atoms with Crippen molar-refractivity contribution in [3.05, 3.63) is 30.1 Å². The fourth-order valence-corrected chi connectivity index (χ4v) is 1.66. The van der Waals surface area contributed by atoms with Gasteiger partial charge >= 0.3 is 0 Å². The Hall–Kier alpha value is -0.760. The van der Waals surface area contributed by atoms with E-state index < -0.39 is 0 Å². The molecule has 0 N–H and O–H groups in total. The summed E-state index contributed by atoms with van der Waals surface area (Å²) >= 11 is 5.58. The summed E-state index contributed by atoms with van der Waals surface area (Å²) in [5.41, 5.74) is 0. The van der Waals surface area contributed by atoms with Crippen LogP contribution in [0.4, 0.5) is 4.39 Å². The second-order valence-electron chi connectivity index (χ2n) is 3.76. The molecule has 0 aliphatic rings. The van der Waals surface area contributed by atoms with Crippen LogP contribution in [0.25, 0.3) is 0 Å². The van der Waals surface area contributed by atoms with Crippen molar-refractivity contribution in [2.45, 2.75) is 32.1 Å².